The van der Waals surface area contributed by atoms with Gasteiger partial charge in [-0.25, -0.2) is 0 Å². The van der Waals surface area contributed by atoms with Gasteiger partial charge in [0.05, 0.1) is 27.6 Å². The lowest BCUT2D eigenvalue weighted by atomic mass is 9.98. The van der Waals surface area contributed by atoms with Crippen molar-refractivity contribution in [3.63, 3.8) is 0 Å². The van der Waals surface area contributed by atoms with E-state index in [4.69, 9.17) is 18.6 Å². The highest BCUT2D eigenvalue weighted by molar-refractivity contribution is 6.06. The second kappa shape index (κ2) is 10.4. The van der Waals surface area contributed by atoms with Crippen LogP contribution in [0.5, 0.6) is 17.2 Å². The van der Waals surface area contributed by atoms with Crippen molar-refractivity contribution in [1.82, 2.24) is 0 Å². The van der Waals surface area contributed by atoms with Crippen LogP contribution in [0.4, 0.5) is 5.69 Å². The summed E-state index contributed by atoms with van der Waals surface area (Å²) in [6.45, 7) is 3.95. The SMILES string of the molecule is CCc1ccccc1NC(=O)/C=C(\C)c1cc2c(-c3cc(OC)ccc3OC)coc2cc1OC. The van der Waals surface area contributed by atoms with Crippen molar-refractivity contribution in [2.75, 3.05) is 26.6 Å². The molecule has 0 radical (unpaired) electrons. The molecule has 0 aliphatic carbocycles. The Morgan fingerprint density at radius 3 is 2.43 bits per heavy atom. The third-order valence-electron chi connectivity index (χ3n) is 6.02. The van der Waals surface area contributed by atoms with Gasteiger partial charge in [-0.2, -0.15) is 0 Å². The second-order valence-electron chi connectivity index (χ2n) is 8.09. The minimum absolute atomic E-state index is 0.201. The van der Waals surface area contributed by atoms with Crippen molar-refractivity contribution in [1.29, 1.82) is 0 Å². The molecule has 0 saturated heterocycles. The molecular weight excluding hydrogens is 442 g/mol. The molecule has 1 aromatic heterocycles. The van der Waals surface area contributed by atoms with Crippen LogP contribution in [-0.4, -0.2) is 27.2 Å². The van der Waals surface area contributed by atoms with Gasteiger partial charge in [0.1, 0.15) is 22.8 Å². The summed E-state index contributed by atoms with van der Waals surface area (Å²) in [4.78, 5) is 12.8. The maximum atomic E-state index is 12.8. The number of anilines is 1. The Labute approximate surface area is 205 Å². The molecule has 180 valence electrons. The molecule has 0 bridgehead atoms. The fraction of sp³-hybridized carbons (Fsp3) is 0.207. The predicted octanol–water partition coefficient (Wildman–Crippen LogP) is 6.73. The number of para-hydroxylation sites is 1. The lowest BCUT2D eigenvalue weighted by molar-refractivity contribution is -0.111. The number of benzene rings is 3. The summed E-state index contributed by atoms with van der Waals surface area (Å²) < 4.78 is 22.5. The van der Waals surface area contributed by atoms with Gasteiger partial charge in [0, 0.05) is 39.9 Å². The van der Waals surface area contributed by atoms with Gasteiger partial charge < -0.3 is 23.9 Å². The van der Waals surface area contributed by atoms with E-state index in [1.165, 1.54) is 0 Å². The summed E-state index contributed by atoms with van der Waals surface area (Å²) in [5.41, 5.74) is 5.82. The molecular formula is C29H29NO5. The fourth-order valence-corrected chi connectivity index (χ4v) is 4.16. The van der Waals surface area contributed by atoms with Crippen LogP contribution in [0.1, 0.15) is 25.0 Å². The van der Waals surface area contributed by atoms with Crippen molar-refractivity contribution >= 4 is 28.1 Å². The Hall–Kier alpha value is -4.19. The molecule has 6 nitrogen and oxygen atoms in total. The smallest absolute Gasteiger partial charge is 0.248 e. The summed E-state index contributed by atoms with van der Waals surface area (Å²) in [5, 5.41) is 3.86. The Balaban J connectivity index is 1.76. The molecule has 0 fully saturated rings. The van der Waals surface area contributed by atoms with Crippen LogP contribution in [0, 0.1) is 0 Å². The highest BCUT2D eigenvalue weighted by atomic mass is 16.5. The van der Waals surface area contributed by atoms with E-state index in [1.807, 2.05) is 61.5 Å². The number of rotatable bonds is 8. The first-order valence-electron chi connectivity index (χ1n) is 11.4. The van der Waals surface area contributed by atoms with Crippen LogP contribution in [0.2, 0.25) is 0 Å². The number of fused-ring (bicyclic) bond motifs is 1. The van der Waals surface area contributed by atoms with Crippen LogP contribution in [0.25, 0.3) is 27.7 Å². The minimum Gasteiger partial charge on any atom is -0.497 e. The maximum Gasteiger partial charge on any atom is 0.248 e. The molecule has 35 heavy (non-hydrogen) atoms. The van der Waals surface area contributed by atoms with E-state index in [2.05, 4.69) is 12.2 Å². The fourth-order valence-electron chi connectivity index (χ4n) is 4.16. The number of hydrogen-bond donors (Lipinski definition) is 1. The molecule has 0 atom stereocenters. The number of aryl methyl sites for hydroxylation is 1. The highest BCUT2D eigenvalue weighted by Gasteiger charge is 2.18. The van der Waals surface area contributed by atoms with Gasteiger partial charge in [-0.05, 0) is 54.8 Å². The quantitative estimate of drug-likeness (QED) is 0.289. The minimum atomic E-state index is -0.201. The summed E-state index contributed by atoms with van der Waals surface area (Å²) in [6, 6.07) is 17.2. The first-order chi connectivity index (χ1) is 17.0. The van der Waals surface area contributed by atoms with Gasteiger partial charge in [0.2, 0.25) is 5.91 Å². The number of ether oxygens (including phenoxy) is 3. The average molecular weight is 472 g/mol. The molecule has 6 heteroatoms. The molecule has 0 saturated carbocycles. The van der Waals surface area contributed by atoms with Crippen LogP contribution in [-0.2, 0) is 11.2 Å². The monoisotopic (exact) mass is 471 g/mol. The number of amides is 1. The van der Waals surface area contributed by atoms with E-state index < -0.39 is 0 Å². The molecule has 0 unspecified atom stereocenters. The lowest BCUT2D eigenvalue weighted by Gasteiger charge is -2.12. The van der Waals surface area contributed by atoms with E-state index >= 15 is 0 Å². The Morgan fingerprint density at radius 1 is 0.943 bits per heavy atom. The summed E-state index contributed by atoms with van der Waals surface area (Å²) in [6.07, 6.45) is 4.11. The van der Waals surface area contributed by atoms with Crippen LogP contribution >= 0.6 is 0 Å². The largest absolute Gasteiger partial charge is 0.497 e. The van der Waals surface area contributed by atoms with E-state index in [1.54, 1.807) is 33.7 Å². The van der Waals surface area contributed by atoms with Crippen LogP contribution < -0.4 is 19.5 Å². The van der Waals surface area contributed by atoms with Gasteiger partial charge in [-0.3, -0.25) is 4.79 Å². The summed E-state index contributed by atoms with van der Waals surface area (Å²) in [5.74, 6) is 1.83. The number of hydrogen-bond acceptors (Lipinski definition) is 5. The molecule has 0 spiro atoms. The summed E-state index contributed by atoms with van der Waals surface area (Å²) in [7, 11) is 4.86. The van der Waals surface area contributed by atoms with Crippen molar-refractivity contribution in [3.05, 3.63) is 78.1 Å². The Bertz CT molecular complexity index is 1400. The standard InChI is InChI=1S/C29H29NO5/c1-6-19-9-7-8-10-25(19)30-29(31)13-18(2)21-15-23-24(17-35-28(23)16-27(21)34-5)22-14-20(32-3)11-12-26(22)33-4/h7-17H,6H2,1-5H3,(H,30,31)/b18-13+. The number of furan rings is 1. The molecule has 0 aliphatic heterocycles. The maximum absolute atomic E-state index is 12.8. The number of nitrogens with one attached hydrogen (secondary N) is 1. The molecule has 1 N–H and O–H groups in total. The van der Waals surface area contributed by atoms with Crippen LogP contribution in [0.15, 0.2) is 71.4 Å². The number of carbonyl (C=O) groups is 1. The molecule has 1 heterocycles. The van der Waals surface area contributed by atoms with Gasteiger partial charge in [0.15, 0.2) is 0 Å². The highest BCUT2D eigenvalue weighted by Crippen LogP contribution is 2.41. The molecule has 4 aromatic rings. The predicted molar refractivity (Wildman–Crippen MR) is 139 cm³/mol. The Kier molecular flexibility index (Phi) is 7.11. The van der Waals surface area contributed by atoms with Crippen molar-refractivity contribution in [2.24, 2.45) is 0 Å². The Morgan fingerprint density at radius 2 is 1.71 bits per heavy atom. The molecule has 1 amide bonds. The number of methoxy groups -OCH3 is 3. The lowest BCUT2D eigenvalue weighted by Crippen LogP contribution is -2.10. The first kappa shape index (κ1) is 24.0. The van der Waals surface area contributed by atoms with E-state index in [0.717, 1.165) is 45.3 Å². The zero-order valence-electron chi connectivity index (χ0n) is 20.6. The third kappa shape index (κ3) is 4.87. The van der Waals surface area contributed by atoms with Crippen molar-refractivity contribution in [2.45, 2.75) is 20.3 Å². The van der Waals surface area contributed by atoms with Crippen molar-refractivity contribution < 1.29 is 23.4 Å². The zero-order chi connectivity index (χ0) is 24.9. The molecule has 0 aliphatic rings. The molecule has 4 rings (SSSR count). The van der Waals surface area contributed by atoms with Gasteiger partial charge >= 0.3 is 0 Å². The first-order valence-corrected chi connectivity index (χ1v) is 11.4. The van der Waals surface area contributed by atoms with Gasteiger partial charge in [-0.1, -0.05) is 25.1 Å². The van der Waals surface area contributed by atoms with E-state index in [0.29, 0.717) is 22.8 Å². The van der Waals surface area contributed by atoms with Gasteiger partial charge in [0.25, 0.3) is 0 Å². The molecule has 3 aromatic carbocycles. The van der Waals surface area contributed by atoms with Crippen LogP contribution in [0.3, 0.4) is 0 Å². The average Bonchev–Trinajstić information content (AvgIpc) is 3.30. The number of carbonyl (C=O) groups excluding carboxylic acids is 1. The topological polar surface area (TPSA) is 69.9 Å². The third-order valence-corrected chi connectivity index (χ3v) is 6.02. The van der Waals surface area contributed by atoms with E-state index in [9.17, 15) is 4.79 Å². The zero-order valence-corrected chi connectivity index (χ0v) is 20.6. The normalized spacial score (nSPS) is 11.4. The van der Waals surface area contributed by atoms with E-state index in [-0.39, 0.29) is 5.91 Å². The van der Waals surface area contributed by atoms with Crippen molar-refractivity contribution in [3.8, 4) is 28.4 Å². The number of allylic oxidation sites excluding steroid dienone is 1. The second-order valence-corrected chi connectivity index (χ2v) is 8.09. The van der Waals surface area contributed by atoms with Gasteiger partial charge in [-0.15, -0.1) is 0 Å². The summed E-state index contributed by atoms with van der Waals surface area (Å²) >= 11 is 0.